The largest absolute Gasteiger partial charge is 0.493 e. The zero-order valence-corrected chi connectivity index (χ0v) is 18.0. The van der Waals surface area contributed by atoms with Gasteiger partial charge in [0.05, 0.1) is 22.4 Å². The van der Waals surface area contributed by atoms with Crippen molar-refractivity contribution in [3.63, 3.8) is 0 Å². The van der Waals surface area contributed by atoms with Gasteiger partial charge in [-0.15, -0.1) is 0 Å². The van der Waals surface area contributed by atoms with Crippen molar-refractivity contribution in [2.24, 2.45) is 5.73 Å². The van der Waals surface area contributed by atoms with E-state index in [0.29, 0.717) is 6.54 Å². The highest BCUT2D eigenvalue weighted by atomic mass is 32.1. The molecule has 1 aromatic carbocycles. The van der Waals surface area contributed by atoms with E-state index in [1.165, 1.54) is 5.56 Å². The van der Waals surface area contributed by atoms with Crippen LogP contribution in [-0.2, 0) is 11.2 Å². The monoisotopic (exact) mass is 416 g/mol. The first-order valence-corrected chi connectivity index (χ1v) is 11.2. The molecule has 1 aromatic heterocycles. The van der Waals surface area contributed by atoms with E-state index in [0.717, 1.165) is 53.4 Å². The number of amides is 1. The number of likely N-dealkylation sites (tertiary alicyclic amines) is 1. The SMILES string of the molecule is CC(C)(C)OC(=O)N1CC[C@@H](Nc2nc3c4c(ccc3s2)OCC4)[C@H](N)C12CC2. The van der Waals surface area contributed by atoms with E-state index >= 15 is 0 Å². The fourth-order valence-electron chi connectivity index (χ4n) is 4.60. The van der Waals surface area contributed by atoms with E-state index in [4.69, 9.17) is 20.2 Å². The normalized spacial score (nSPS) is 25.0. The maximum atomic E-state index is 12.7. The minimum atomic E-state index is -0.503. The fraction of sp³-hybridized carbons (Fsp3) is 0.619. The van der Waals surface area contributed by atoms with E-state index in [9.17, 15) is 4.79 Å². The number of anilines is 1. The molecule has 156 valence electrons. The number of carbonyl (C=O) groups excluding carboxylic acids is 1. The van der Waals surface area contributed by atoms with Crippen LogP contribution in [0.2, 0.25) is 0 Å². The van der Waals surface area contributed by atoms with Crippen molar-refractivity contribution in [1.82, 2.24) is 9.88 Å². The lowest BCUT2D eigenvalue weighted by Crippen LogP contribution is -2.64. The Hall–Kier alpha value is -2.06. The number of benzene rings is 1. The summed E-state index contributed by atoms with van der Waals surface area (Å²) in [4.78, 5) is 19.4. The van der Waals surface area contributed by atoms with Gasteiger partial charge in [-0.1, -0.05) is 11.3 Å². The Labute approximate surface area is 174 Å². The lowest BCUT2D eigenvalue weighted by Gasteiger charge is -2.45. The Morgan fingerprint density at radius 3 is 2.93 bits per heavy atom. The van der Waals surface area contributed by atoms with Gasteiger partial charge in [0.15, 0.2) is 5.13 Å². The van der Waals surface area contributed by atoms with E-state index in [1.807, 2.05) is 31.7 Å². The molecule has 3 N–H and O–H groups in total. The zero-order chi connectivity index (χ0) is 20.4. The van der Waals surface area contributed by atoms with Crippen molar-refractivity contribution in [1.29, 1.82) is 0 Å². The number of nitrogens with two attached hydrogens (primary N) is 1. The van der Waals surface area contributed by atoms with Crippen LogP contribution in [0.3, 0.4) is 0 Å². The summed E-state index contributed by atoms with van der Waals surface area (Å²) in [7, 11) is 0. The van der Waals surface area contributed by atoms with E-state index in [1.54, 1.807) is 11.3 Å². The molecule has 29 heavy (non-hydrogen) atoms. The van der Waals surface area contributed by atoms with Crippen LogP contribution in [0.5, 0.6) is 5.75 Å². The van der Waals surface area contributed by atoms with Crippen LogP contribution >= 0.6 is 11.3 Å². The number of hydrogen-bond acceptors (Lipinski definition) is 7. The minimum absolute atomic E-state index is 0.0843. The molecule has 2 aliphatic heterocycles. The topological polar surface area (TPSA) is 89.7 Å². The number of fused-ring (bicyclic) bond motifs is 3. The lowest BCUT2D eigenvalue weighted by molar-refractivity contribution is 0.000879. The molecule has 0 radical (unpaired) electrons. The van der Waals surface area contributed by atoms with Crippen LogP contribution in [-0.4, -0.2) is 52.4 Å². The Bertz CT molecular complexity index is 963. The molecule has 5 rings (SSSR count). The molecule has 2 fully saturated rings. The first-order chi connectivity index (χ1) is 13.8. The van der Waals surface area contributed by atoms with Crippen molar-refractivity contribution < 1.29 is 14.3 Å². The summed E-state index contributed by atoms with van der Waals surface area (Å²) in [6.45, 7) is 7.06. The highest BCUT2D eigenvalue weighted by molar-refractivity contribution is 7.22. The maximum Gasteiger partial charge on any atom is 0.410 e. The van der Waals surface area contributed by atoms with Crippen molar-refractivity contribution in [3.8, 4) is 5.75 Å². The fourth-order valence-corrected chi connectivity index (χ4v) is 5.56. The smallest absolute Gasteiger partial charge is 0.410 e. The molecule has 1 spiro atoms. The van der Waals surface area contributed by atoms with Crippen molar-refractivity contribution in [3.05, 3.63) is 17.7 Å². The Morgan fingerprint density at radius 1 is 1.41 bits per heavy atom. The Morgan fingerprint density at radius 2 is 2.21 bits per heavy atom. The van der Waals surface area contributed by atoms with Gasteiger partial charge < -0.3 is 25.4 Å². The first-order valence-electron chi connectivity index (χ1n) is 10.3. The maximum absolute atomic E-state index is 12.7. The number of piperidine rings is 1. The third-order valence-corrected chi connectivity index (χ3v) is 7.12. The van der Waals surface area contributed by atoms with Gasteiger partial charge in [0.2, 0.25) is 0 Å². The van der Waals surface area contributed by atoms with Gasteiger partial charge in [-0.05, 0) is 52.2 Å². The van der Waals surface area contributed by atoms with E-state index < -0.39 is 5.60 Å². The van der Waals surface area contributed by atoms with Gasteiger partial charge in [-0.2, -0.15) is 0 Å². The predicted octanol–water partition coefficient (Wildman–Crippen LogP) is 3.51. The summed E-state index contributed by atoms with van der Waals surface area (Å²) >= 11 is 1.66. The third kappa shape index (κ3) is 3.22. The van der Waals surface area contributed by atoms with Crippen LogP contribution in [0.15, 0.2) is 12.1 Å². The van der Waals surface area contributed by atoms with Gasteiger partial charge >= 0.3 is 6.09 Å². The number of thiazole rings is 1. The molecule has 0 unspecified atom stereocenters. The zero-order valence-electron chi connectivity index (χ0n) is 17.2. The number of carbonyl (C=O) groups is 1. The van der Waals surface area contributed by atoms with Gasteiger partial charge in [0.1, 0.15) is 11.4 Å². The van der Waals surface area contributed by atoms with Crippen LogP contribution in [0.25, 0.3) is 10.2 Å². The highest BCUT2D eigenvalue weighted by Gasteiger charge is 2.59. The Balaban J connectivity index is 1.34. The average molecular weight is 417 g/mol. The second-order valence-corrected chi connectivity index (χ2v) is 10.3. The molecule has 1 saturated carbocycles. The highest BCUT2D eigenvalue weighted by Crippen LogP contribution is 2.49. The number of aromatic nitrogens is 1. The molecule has 7 nitrogen and oxygen atoms in total. The quantitative estimate of drug-likeness (QED) is 0.779. The molecule has 1 saturated heterocycles. The van der Waals surface area contributed by atoms with E-state index in [2.05, 4.69) is 11.4 Å². The molecule has 8 heteroatoms. The van der Waals surface area contributed by atoms with E-state index in [-0.39, 0.29) is 23.7 Å². The van der Waals surface area contributed by atoms with Gasteiger partial charge in [0.25, 0.3) is 0 Å². The predicted molar refractivity (Wildman–Crippen MR) is 114 cm³/mol. The molecule has 3 heterocycles. The number of rotatable bonds is 2. The molecule has 1 aliphatic carbocycles. The van der Waals surface area contributed by atoms with Crippen molar-refractivity contribution in [2.75, 3.05) is 18.5 Å². The number of ether oxygens (including phenoxy) is 2. The summed E-state index contributed by atoms with van der Waals surface area (Å²) in [6, 6.07) is 4.05. The second-order valence-electron chi connectivity index (χ2n) is 9.31. The van der Waals surface area contributed by atoms with Crippen LogP contribution in [0.1, 0.15) is 45.6 Å². The average Bonchev–Trinajstić information content (AvgIpc) is 3.09. The molecule has 0 bridgehead atoms. The van der Waals surface area contributed by atoms with Crippen LogP contribution in [0.4, 0.5) is 9.93 Å². The van der Waals surface area contributed by atoms with Gasteiger partial charge in [-0.3, -0.25) is 0 Å². The molecular formula is C21H28N4O3S. The number of hydrogen-bond donors (Lipinski definition) is 2. The summed E-state index contributed by atoms with van der Waals surface area (Å²) in [6.07, 6.45) is 3.29. The standard InChI is InChI=1S/C21H28N4O3S/c1-20(2,3)28-19(26)25-10-6-13(17(22)21(25)8-9-21)23-18-24-16-12-7-11-27-14(12)4-5-15(16)29-18/h4-5,13,17H,6-11,22H2,1-3H3,(H,23,24)/t13-,17+/m1/s1. The minimum Gasteiger partial charge on any atom is -0.493 e. The summed E-state index contributed by atoms with van der Waals surface area (Å²) in [5.74, 6) is 0.952. The number of nitrogens with zero attached hydrogens (tertiary/aromatic N) is 2. The Kier molecular flexibility index (Phi) is 4.22. The molecule has 2 aromatic rings. The van der Waals surface area contributed by atoms with Gasteiger partial charge in [-0.25, -0.2) is 9.78 Å². The molecule has 3 aliphatic rings. The van der Waals surface area contributed by atoms with Crippen molar-refractivity contribution in [2.45, 2.75) is 69.7 Å². The summed E-state index contributed by atoms with van der Waals surface area (Å²) < 4.78 is 12.5. The summed E-state index contributed by atoms with van der Waals surface area (Å²) in [5, 5.41) is 4.47. The van der Waals surface area contributed by atoms with Crippen LogP contribution < -0.4 is 15.8 Å². The lowest BCUT2D eigenvalue weighted by atomic mass is 9.90. The second kappa shape index (κ2) is 6.47. The van der Waals surface area contributed by atoms with Crippen LogP contribution in [0, 0.1) is 0 Å². The summed E-state index contributed by atoms with van der Waals surface area (Å²) in [5.41, 5.74) is 8.14. The molecular weight excluding hydrogens is 388 g/mol. The molecule has 2 atom stereocenters. The molecule has 1 amide bonds. The van der Waals surface area contributed by atoms with Gasteiger partial charge in [0, 0.05) is 30.6 Å². The van der Waals surface area contributed by atoms with Crippen molar-refractivity contribution >= 4 is 32.8 Å². The number of nitrogens with one attached hydrogen (secondary N) is 1. The third-order valence-electron chi connectivity index (χ3n) is 6.17. The first kappa shape index (κ1) is 18.9.